The van der Waals surface area contributed by atoms with Gasteiger partial charge in [0.05, 0.1) is 28.4 Å². The summed E-state index contributed by atoms with van der Waals surface area (Å²) in [7, 11) is 1.87. The number of nitrogens with zero attached hydrogens (tertiary/aromatic N) is 6. The predicted octanol–water partition coefficient (Wildman–Crippen LogP) is 2.26. The van der Waals surface area contributed by atoms with Gasteiger partial charge in [-0.15, -0.1) is 5.10 Å². The van der Waals surface area contributed by atoms with Gasteiger partial charge in [0, 0.05) is 7.05 Å². The molecule has 1 aliphatic carbocycles. The Bertz CT molecular complexity index is 732. The van der Waals surface area contributed by atoms with E-state index in [-0.39, 0.29) is 11.2 Å². The van der Waals surface area contributed by atoms with Crippen molar-refractivity contribution in [2.24, 2.45) is 7.05 Å². The van der Waals surface area contributed by atoms with Crippen LogP contribution in [0.3, 0.4) is 0 Å². The zero-order valence-corrected chi connectivity index (χ0v) is 15.3. The number of carbonyl (C=O) groups is 1. The van der Waals surface area contributed by atoms with E-state index < -0.39 is 0 Å². The number of hydrogen-bond acceptors (Lipinski definition) is 6. The van der Waals surface area contributed by atoms with Gasteiger partial charge in [0.15, 0.2) is 0 Å². The van der Waals surface area contributed by atoms with E-state index in [9.17, 15) is 4.79 Å². The molecule has 1 atom stereocenters. The molecule has 0 radical (unpaired) electrons. The van der Waals surface area contributed by atoms with Crippen LogP contribution >= 0.6 is 11.8 Å². The quantitative estimate of drug-likeness (QED) is 0.833. The molecule has 0 unspecified atom stereocenters. The Morgan fingerprint density at radius 1 is 1.33 bits per heavy atom. The van der Waals surface area contributed by atoms with Crippen LogP contribution in [0.25, 0.3) is 0 Å². The van der Waals surface area contributed by atoms with Crippen LogP contribution in [0, 0.1) is 13.8 Å². The third-order valence-electron chi connectivity index (χ3n) is 4.54. The van der Waals surface area contributed by atoms with E-state index in [2.05, 4.69) is 25.9 Å². The Balaban J connectivity index is 1.67. The van der Waals surface area contributed by atoms with Crippen LogP contribution in [0.2, 0.25) is 0 Å². The summed E-state index contributed by atoms with van der Waals surface area (Å²) in [5, 5.41) is 19.7. The number of aromatic nitrogens is 6. The Labute approximate surface area is 145 Å². The molecule has 1 N–H and O–H groups in total. The van der Waals surface area contributed by atoms with E-state index in [1.165, 1.54) is 24.6 Å². The number of hydrogen-bond donors (Lipinski definition) is 1. The average Bonchev–Trinajstić information content (AvgIpc) is 3.25. The van der Waals surface area contributed by atoms with Crippen LogP contribution in [-0.4, -0.2) is 41.1 Å². The van der Waals surface area contributed by atoms with Crippen LogP contribution in [0.5, 0.6) is 0 Å². The van der Waals surface area contributed by atoms with Crippen LogP contribution in [0.15, 0.2) is 5.16 Å². The van der Waals surface area contributed by atoms with Crippen molar-refractivity contribution in [3.8, 4) is 0 Å². The predicted molar refractivity (Wildman–Crippen MR) is 92.0 cm³/mol. The van der Waals surface area contributed by atoms with Crippen LogP contribution in [0.4, 0.5) is 5.69 Å². The molecule has 2 aromatic rings. The lowest BCUT2D eigenvalue weighted by Crippen LogP contribution is -2.24. The molecule has 1 amide bonds. The van der Waals surface area contributed by atoms with Gasteiger partial charge in [-0.1, -0.05) is 24.6 Å². The number of thioether (sulfide) groups is 1. The van der Waals surface area contributed by atoms with Crippen LogP contribution in [0.1, 0.15) is 50.0 Å². The maximum absolute atomic E-state index is 12.5. The minimum Gasteiger partial charge on any atom is -0.322 e. The third kappa shape index (κ3) is 3.31. The molecule has 24 heavy (non-hydrogen) atoms. The van der Waals surface area contributed by atoms with E-state index in [4.69, 9.17) is 0 Å². The van der Waals surface area contributed by atoms with Crippen molar-refractivity contribution < 1.29 is 4.79 Å². The summed E-state index contributed by atoms with van der Waals surface area (Å²) in [5.41, 5.74) is 2.54. The van der Waals surface area contributed by atoms with Crippen molar-refractivity contribution in [3.05, 3.63) is 11.4 Å². The van der Waals surface area contributed by atoms with Crippen molar-refractivity contribution in [1.82, 2.24) is 30.0 Å². The number of amides is 1. The zero-order chi connectivity index (χ0) is 17.3. The summed E-state index contributed by atoms with van der Waals surface area (Å²) in [6.07, 6.45) is 4.63. The van der Waals surface area contributed by atoms with Gasteiger partial charge in [0.1, 0.15) is 0 Å². The van der Waals surface area contributed by atoms with Crippen molar-refractivity contribution in [2.75, 3.05) is 5.32 Å². The summed E-state index contributed by atoms with van der Waals surface area (Å²) in [6, 6.07) is 0.362. The molecule has 130 valence electrons. The first-order valence-electron chi connectivity index (χ1n) is 8.23. The lowest BCUT2D eigenvalue weighted by molar-refractivity contribution is -0.115. The van der Waals surface area contributed by atoms with Crippen molar-refractivity contribution in [2.45, 2.75) is 62.9 Å². The second-order valence-corrected chi connectivity index (χ2v) is 7.57. The fourth-order valence-electron chi connectivity index (χ4n) is 3.03. The number of tetrazole rings is 1. The number of carbonyl (C=O) groups excluding carboxylic acids is 1. The lowest BCUT2D eigenvalue weighted by Gasteiger charge is -2.14. The zero-order valence-electron chi connectivity index (χ0n) is 14.5. The molecule has 0 aliphatic heterocycles. The topological polar surface area (TPSA) is 90.5 Å². The van der Waals surface area contributed by atoms with E-state index in [0.29, 0.717) is 11.2 Å². The molecule has 0 spiro atoms. The first-order valence-corrected chi connectivity index (χ1v) is 9.11. The summed E-state index contributed by atoms with van der Waals surface area (Å²) < 4.78 is 3.64. The highest BCUT2D eigenvalue weighted by atomic mass is 32.2. The minimum atomic E-state index is -0.296. The smallest absolute Gasteiger partial charge is 0.237 e. The fourth-order valence-corrected chi connectivity index (χ4v) is 3.89. The summed E-state index contributed by atoms with van der Waals surface area (Å²) in [6.45, 7) is 5.70. The van der Waals surface area contributed by atoms with Crippen LogP contribution < -0.4 is 5.32 Å². The van der Waals surface area contributed by atoms with E-state index in [0.717, 1.165) is 29.9 Å². The molecule has 3 rings (SSSR count). The highest BCUT2D eigenvalue weighted by molar-refractivity contribution is 8.00. The highest BCUT2D eigenvalue weighted by Gasteiger charge is 2.25. The molecule has 1 saturated carbocycles. The Morgan fingerprint density at radius 3 is 2.67 bits per heavy atom. The van der Waals surface area contributed by atoms with Crippen molar-refractivity contribution in [3.63, 3.8) is 0 Å². The second-order valence-electron chi connectivity index (χ2n) is 6.26. The Kier molecular flexibility index (Phi) is 4.88. The lowest BCUT2D eigenvalue weighted by atomic mass is 10.3. The van der Waals surface area contributed by atoms with Gasteiger partial charge in [-0.2, -0.15) is 5.10 Å². The molecular weight excluding hydrogens is 326 g/mol. The number of rotatable bonds is 5. The Hall–Kier alpha value is -1.90. The SMILES string of the molecule is Cc1nn(C)c(C)c1NC(=O)[C@H](C)Sc1nnnn1C1CCCC1. The first kappa shape index (κ1) is 16.9. The molecule has 2 heterocycles. The molecule has 1 fully saturated rings. The van der Waals surface area contributed by atoms with Gasteiger partial charge in [-0.3, -0.25) is 9.48 Å². The highest BCUT2D eigenvalue weighted by Crippen LogP contribution is 2.32. The second kappa shape index (κ2) is 6.92. The normalized spacial score (nSPS) is 16.5. The van der Waals surface area contributed by atoms with E-state index in [1.54, 1.807) is 4.68 Å². The molecule has 0 bridgehead atoms. The molecule has 9 heteroatoms. The third-order valence-corrected chi connectivity index (χ3v) is 5.59. The average molecular weight is 349 g/mol. The summed E-state index contributed by atoms with van der Waals surface area (Å²) in [4.78, 5) is 12.5. The Morgan fingerprint density at radius 2 is 2.04 bits per heavy atom. The number of nitrogens with one attached hydrogen (secondary N) is 1. The van der Waals surface area contributed by atoms with Gasteiger partial charge in [0.2, 0.25) is 11.1 Å². The fraction of sp³-hybridized carbons (Fsp3) is 0.667. The van der Waals surface area contributed by atoms with Gasteiger partial charge in [-0.25, -0.2) is 4.68 Å². The van der Waals surface area contributed by atoms with Gasteiger partial charge in [-0.05, 0) is 44.0 Å². The van der Waals surface area contributed by atoms with Crippen molar-refractivity contribution >= 4 is 23.4 Å². The molecule has 8 nitrogen and oxygen atoms in total. The minimum absolute atomic E-state index is 0.0693. The number of anilines is 1. The van der Waals surface area contributed by atoms with Gasteiger partial charge >= 0.3 is 0 Å². The first-order chi connectivity index (χ1) is 11.5. The number of aryl methyl sites for hydroxylation is 2. The largest absolute Gasteiger partial charge is 0.322 e. The summed E-state index contributed by atoms with van der Waals surface area (Å²) in [5.74, 6) is -0.0693. The summed E-state index contributed by atoms with van der Waals surface area (Å²) >= 11 is 1.40. The standard InChI is InChI=1S/C15H23N7OS/c1-9-13(10(2)21(4)18-9)16-14(23)11(3)24-15-17-19-20-22(15)12-7-5-6-8-12/h11-12H,5-8H2,1-4H3,(H,16,23)/t11-/m0/s1. The monoisotopic (exact) mass is 349 g/mol. The van der Waals surface area contributed by atoms with E-state index >= 15 is 0 Å². The van der Waals surface area contributed by atoms with Gasteiger partial charge in [0.25, 0.3) is 0 Å². The maximum Gasteiger partial charge on any atom is 0.237 e. The molecule has 0 aromatic carbocycles. The van der Waals surface area contributed by atoms with Crippen LogP contribution in [-0.2, 0) is 11.8 Å². The molecule has 0 saturated heterocycles. The molecule has 2 aromatic heterocycles. The molecule has 1 aliphatic rings. The maximum atomic E-state index is 12.5. The van der Waals surface area contributed by atoms with Crippen molar-refractivity contribution in [1.29, 1.82) is 0 Å². The molecular formula is C15H23N7OS. The van der Waals surface area contributed by atoms with Gasteiger partial charge < -0.3 is 5.32 Å². The van der Waals surface area contributed by atoms with E-state index in [1.807, 2.05) is 32.5 Å².